The van der Waals surface area contributed by atoms with Gasteiger partial charge in [-0.25, -0.2) is 0 Å². The molecule has 0 aromatic rings. The van der Waals surface area contributed by atoms with Gasteiger partial charge in [0.15, 0.2) is 0 Å². The van der Waals surface area contributed by atoms with E-state index in [9.17, 15) is 0 Å². The third-order valence-corrected chi connectivity index (χ3v) is 1.51. The van der Waals surface area contributed by atoms with Crippen molar-refractivity contribution < 1.29 is 0 Å². The summed E-state index contributed by atoms with van der Waals surface area (Å²) in [4.78, 5) is 0. The largest absolute Gasteiger partial charge is 0.302 e. The molecule has 8 heavy (non-hydrogen) atoms. The molecule has 2 nitrogen and oxygen atoms in total. The van der Waals surface area contributed by atoms with Gasteiger partial charge in [0.2, 0.25) is 0 Å². The van der Waals surface area contributed by atoms with Crippen molar-refractivity contribution in [1.29, 1.82) is 5.26 Å². The smallest absolute Gasteiger partial charge is 0.0956 e. The number of hydrogen-bond acceptors (Lipinski definition) is 2. The number of hydrogen-bond donors (Lipinski definition) is 1. The average molecular weight is 110 g/mol. The van der Waals surface area contributed by atoms with Crippen LogP contribution in [-0.4, -0.2) is 12.6 Å². The third kappa shape index (κ3) is 0.988. The van der Waals surface area contributed by atoms with Crippen LogP contribution in [0.1, 0.15) is 13.3 Å². The summed E-state index contributed by atoms with van der Waals surface area (Å²) in [7, 11) is 0. The van der Waals surface area contributed by atoms with Crippen LogP contribution >= 0.6 is 0 Å². The molecule has 0 radical (unpaired) electrons. The Bertz CT molecular complexity index is 114. The molecule has 1 aliphatic heterocycles. The molecule has 0 bridgehead atoms. The van der Waals surface area contributed by atoms with Gasteiger partial charge in [0.1, 0.15) is 0 Å². The predicted octanol–water partition coefficient (Wildman–Crippen LogP) is 0.508. The van der Waals surface area contributed by atoms with Crippen LogP contribution in [0.25, 0.3) is 0 Å². The highest BCUT2D eigenvalue weighted by Crippen LogP contribution is 2.10. The van der Waals surface area contributed by atoms with Gasteiger partial charge in [0, 0.05) is 0 Å². The number of rotatable bonds is 0. The molecule has 1 heterocycles. The molecule has 0 aliphatic carbocycles. The maximum absolute atomic E-state index is 8.37. The molecular formula is C6H10N2. The summed E-state index contributed by atoms with van der Waals surface area (Å²) in [5, 5.41) is 11.5. The third-order valence-electron chi connectivity index (χ3n) is 1.51. The lowest BCUT2D eigenvalue weighted by Gasteiger charge is -1.93. The topological polar surface area (TPSA) is 35.8 Å². The first kappa shape index (κ1) is 5.58. The molecule has 0 aromatic carbocycles. The minimum Gasteiger partial charge on any atom is -0.302 e. The maximum atomic E-state index is 8.37. The lowest BCUT2D eigenvalue weighted by atomic mass is 10.1. The normalized spacial score (nSPS) is 37.0. The minimum absolute atomic E-state index is 0.130. The van der Waals surface area contributed by atoms with Crippen molar-refractivity contribution in [1.82, 2.24) is 5.32 Å². The van der Waals surface area contributed by atoms with Gasteiger partial charge in [-0.1, -0.05) is 6.92 Å². The van der Waals surface area contributed by atoms with E-state index in [-0.39, 0.29) is 6.04 Å². The van der Waals surface area contributed by atoms with Gasteiger partial charge in [-0.3, -0.25) is 0 Å². The van der Waals surface area contributed by atoms with E-state index < -0.39 is 0 Å². The molecule has 1 saturated heterocycles. The molecule has 1 N–H and O–H groups in total. The summed E-state index contributed by atoms with van der Waals surface area (Å²) in [6, 6.07) is 2.31. The van der Waals surface area contributed by atoms with Crippen LogP contribution in [0, 0.1) is 17.2 Å². The van der Waals surface area contributed by atoms with E-state index in [0.29, 0.717) is 5.92 Å². The van der Waals surface area contributed by atoms with E-state index >= 15 is 0 Å². The number of nitrogens with one attached hydrogen (secondary N) is 1. The molecule has 1 fully saturated rings. The van der Waals surface area contributed by atoms with Crippen LogP contribution in [0.3, 0.4) is 0 Å². The lowest BCUT2D eigenvalue weighted by Crippen LogP contribution is -2.18. The maximum Gasteiger partial charge on any atom is 0.0956 e. The fraction of sp³-hybridized carbons (Fsp3) is 0.833. The highest BCUT2D eigenvalue weighted by molar-refractivity contribution is 4.95. The minimum atomic E-state index is 0.130. The summed E-state index contributed by atoms with van der Waals surface area (Å²) >= 11 is 0. The quantitative estimate of drug-likeness (QED) is 0.493. The first-order valence-electron chi connectivity index (χ1n) is 2.96. The highest BCUT2D eigenvalue weighted by atomic mass is 14.9. The Labute approximate surface area is 49.5 Å². The molecule has 1 rings (SSSR count). The Morgan fingerprint density at radius 2 is 2.50 bits per heavy atom. The molecule has 0 amide bonds. The summed E-state index contributed by atoms with van der Waals surface area (Å²) < 4.78 is 0. The zero-order valence-corrected chi connectivity index (χ0v) is 5.02. The summed E-state index contributed by atoms with van der Waals surface area (Å²) in [5.41, 5.74) is 0. The fourth-order valence-corrected chi connectivity index (χ4v) is 1.01. The molecule has 0 unspecified atom stereocenters. The number of nitriles is 1. The van der Waals surface area contributed by atoms with Crippen molar-refractivity contribution in [3.8, 4) is 6.07 Å². The van der Waals surface area contributed by atoms with Crippen LogP contribution < -0.4 is 5.32 Å². The van der Waals surface area contributed by atoms with Crippen LogP contribution in [0.5, 0.6) is 0 Å². The zero-order chi connectivity index (χ0) is 5.98. The Hall–Kier alpha value is -0.550. The van der Waals surface area contributed by atoms with Crippen LogP contribution in [0.15, 0.2) is 0 Å². The van der Waals surface area contributed by atoms with Crippen molar-refractivity contribution >= 4 is 0 Å². The Kier molecular flexibility index (Phi) is 1.50. The summed E-state index contributed by atoms with van der Waals surface area (Å²) in [6.07, 6.45) is 1.02. The van der Waals surface area contributed by atoms with E-state index in [1.807, 2.05) is 0 Å². The fourth-order valence-electron chi connectivity index (χ4n) is 1.01. The summed E-state index contributed by atoms with van der Waals surface area (Å²) in [5.74, 6) is 0.694. The molecule has 1 aliphatic rings. The molecule has 44 valence electrons. The second-order valence-electron chi connectivity index (χ2n) is 2.43. The highest BCUT2D eigenvalue weighted by Gasteiger charge is 2.18. The van der Waals surface area contributed by atoms with E-state index in [1.54, 1.807) is 0 Å². The SMILES string of the molecule is C[C@@H]1CN[C@H](C#N)C1. The molecule has 2 heteroatoms. The Morgan fingerprint density at radius 3 is 2.75 bits per heavy atom. The van der Waals surface area contributed by atoms with Crippen molar-refractivity contribution in [2.45, 2.75) is 19.4 Å². The number of nitrogens with zero attached hydrogens (tertiary/aromatic N) is 1. The van der Waals surface area contributed by atoms with Crippen molar-refractivity contribution in [3.05, 3.63) is 0 Å². The standard InChI is InChI=1S/C6H10N2/c1-5-2-6(3-7)8-4-5/h5-6,8H,2,4H2,1H3/t5-,6-/m0/s1. The Balaban J connectivity index is 2.35. The lowest BCUT2D eigenvalue weighted by molar-refractivity contribution is 0.643. The van der Waals surface area contributed by atoms with Gasteiger partial charge in [-0.05, 0) is 18.9 Å². The average Bonchev–Trinajstić information content (AvgIpc) is 2.14. The van der Waals surface area contributed by atoms with Gasteiger partial charge in [0.05, 0.1) is 12.1 Å². The first-order valence-corrected chi connectivity index (χ1v) is 2.96. The molecular weight excluding hydrogens is 100 g/mol. The molecule has 0 spiro atoms. The van der Waals surface area contributed by atoms with E-state index in [1.165, 1.54) is 0 Å². The van der Waals surface area contributed by atoms with Gasteiger partial charge < -0.3 is 5.32 Å². The van der Waals surface area contributed by atoms with Crippen LogP contribution in [0.4, 0.5) is 0 Å². The molecule has 2 atom stereocenters. The second kappa shape index (κ2) is 2.15. The van der Waals surface area contributed by atoms with Gasteiger partial charge >= 0.3 is 0 Å². The van der Waals surface area contributed by atoms with Crippen molar-refractivity contribution in [2.24, 2.45) is 5.92 Å². The monoisotopic (exact) mass is 110 g/mol. The predicted molar refractivity (Wildman–Crippen MR) is 31.2 cm³/mol. The van der Waals surface area contributed by atoms with Gasteiger partial charge in [-0.15, -0.1) is 0 Å². The van der Waals surface area contributed by atoms with E-state index in [0.717, 1.165) is 13.0 Å². The van der Waals surface area contributed by atoms with E-state index in [4.69, 9.17) is 5.26 Å². The molecule has 0 aromatic heterocycles. The van der Waals surface area contributed by atoms with Crippen molar-refractivity contribution in [2.75, 3.05) is 6.54 Å². The van der Waals surface area contributed by atoms with Gasteiger partial charge in [-0.2, -0.15) is 5.26 Å². The zero-order valence-electron chi connectivity index (χ0n) is 5.02. The van der Waals surface area contributed by atoms with Crippen LogP contribution in [-0.2, 0) is 0 Å². The van der Waals surface area contributed by atoms with E-state index in [2.05, 4.69) is 18.3 Å². The Morgan fingerprint density at radius 1 is 1.75 bits per heavy atom. The van der Waals surface area contributed by atoms with Crippen LogP contribution in [0.2, 0.25) is 0 Å². The first-order chi connectivity index (χ1) is 3.83. The van der Waals surface area contributed by atoms with Crippen molar-refractivity contribution in [3.63, 3.8) is 0 Å². The molecule has 0 saturated carbocycles. The van der Waals surface area contributed by atoms with Gasteiger partial charge in [0.25, 0.3) is 0 Å². The summed E-state index contributed by atoms with van der Waals surface area (Å²) in [6.45, 7) is 3.17. The second-order valence-corrected chi connectivity index (χ2v) is 2.43.